The van der Waals surface area contributed by atoms with E-state index in [9.17, 15) is 27.1 Å². The van der Waals surface area contributed by atoms with E-state index in [1.807, 2.05) is 0 Å². The minimum Gasteiger partial charge on any atom is -0.381 e. The molecule has 0 aliphatic carbocycles. The first kappa shape index (κ1) is 27.1. The molecule has 0 aromatic heterocycles. The summed E-state index contributed by atoms with van der Waals surface area (Å²) in [6.45, 7) is 4.38. The predicted molar refractivity (Wildman–Crippen MR) is 123 cm³/mol. The maximum Gasteiger partial charge on any atom is 0.254 e. The SMILES string of the molecule is CCS(=O)(=O)N[C@@H]1[C@H](Cc2cccc(-c3cc(F)cc(F)c3)c2F)N(C(=O)C(C)(C)O)C[C@]1(C)F. The molecule has 6 nitrogen and oxygen atoms in total. The highest BCUT2D eigenvalue weighted by Crippen LogP contribution is 2.36. The number of likely N-dealkylation sites (tertiary alicyclic amines) is 1. The monoisotopic (exact) mass is 516 g/mol. The Morgan fingerprint density at radius 2 is 1.80 bits per heavy atom. The van der Waals surface area contributed by atoms with Crippen molar-refractivity contribution in [2.75, 3.05) is 12.3 Å². The van der Waals surface area contributed by atoms with Gasteiger partial charge >= 0.3 is 0 Å². The first-order chi connectivity index (χ1) is 16.1. The van der Waals surface area contributed by atoms with Crippen LogP contribution in [0, 0.1) is 17.5 Å². The minimum absolute atomic E-state index is 0.0240. The van der Waals surface area contributed by atoms with Crippen molar-refractivity contribution in [2.45, 2.75) is 57.5 Å². The first-order valence-electron chi connectivity index (χ1n) is 11.0. The van der Waals surface area contributed by atoms with Crippen molar-refractivity contribution >= 4 is 15.9 Å². The van der Waals surface area contributed by atoms with Crippen LogP contribution in [0.2, 0.25) is 0 Å². The smallest absolute Gasteiger partial charge is 0.254 e. The van der Waals surface area contributed by atoms with Gasteiger partial charge in [-0.15, -0.1) is 0 Å². The number of hydrogen-bond donors (Lipinski definition) is 2. The normalized spacial score (nSPS) is 23.1. The highest BCUT2D eigenvalue weighted by atomic mass is 32.2. The lowest BCUT2D eigenvalue weighted by Gasteiger charge is -2.32. The zero-order valence-electron chi connectivity index (χ0n) is 19.8. The highest BCUT2D eigenvalue weighted by molar-refractivity contribution is 7.89. The van der Waals surface area contributed by atoms with Crippen LogP contribution in [0.4, 0.5) is 17.6 Å². The summed E-state index contributed by atoms with van der Waals surface area (Å²) in [5.41, 5.74) is -4.33. The Hall–Kier alpha value is -2.50. The molecule has 0 spiro atoms. The van der Waals surface area contributed by atoms with Gasteiger partial charge in [0.2, 0.25) is 10.0 Å². The molecule has 35 heavy (non-hydrogen) atoms. The van der Waals surface area contributed by atoms with Crippen LogP contribution in [0.15, 0.2) is 36.4 Å². The molecule has 0 unspecified atom stereocenters. The fraction of sp³-hybridized carbons (Fsp3) is 0.458. The average molecular weight is 517 g/mol. The molecule has 2 N–H and O–H groups in total. The molecule has 0 bridgehead atoms. The van der Waals surface area contributed by atoms with E-state index in [1.165, 1.54) is 39.0 Å². The van der Waals surface area contributed by atoms with Gasteiger partial charge in [-0.2, -0.15) is 0 Å². The third-order valence-electron chi connectivity index (χ3n) is 6.07. The van der Waals surface area contributed by atoms with Crippen molar-refractivity contribution in [3.05, 3.63) is 59.4 Å². The number of amides is 1. The molecule has 0 saturated carbocycles. The number of nitrogens with zero attached hydrogens (tertiary/aromatic N) is 1. The van der Waals surface area contributed by atoms with Crippen LogP contribution < -0.4 is 4.72 Å². The van der Waals surface area contributed by atoms with E-state index in [0.29, 0.717) is 6.07 Å². The Morgan fingerprint density at radius 1 is 1.20 bits per heavy atom. The lowest BCUT2D eigenvalue weighted by atomic mass is 9.92. The van der Waals surface area contributed by atoms with Gasteiger partial charge in [0.05, 0.1) is 24.4 Å². The molecule has 3 atom stereocenters. The number of carbonyl (C=O) groups is 1. The lowest BCUT2D eigenvalue weighted by Crippen LogP contribution is -2.54. The van der Waals surface area contributed by atoms with E-state index in [4.69, 9.17) is 0 Å². The van der Waals surface area contributed by atoms with Crippen LogP contribution in [0.25, 0.3) is 11.1 Å². The van der Waals surface area contributed by atoms with Gasteiger partial charge in [0.15, 0.2) is 0 Å². The zero-order valence-corrected chi connectivity index (χ0v) is 20.6. The number of carbonyl (C=O) groups excluding carboxylic acids is 1. The van der Waals surface area contributed by atoms with Crippen LogP contribution in [-0.2, 0) is 21.2 Å². The van der Waals surface area contributed by atoms with Gasteiger partial charge in [-0.1, -0.05) is 18.2 Å². The largest absolute Gasteiger partial charge is 0.381 e. The maximum absolute atomic E-state index is 15.6. The van der Waals surface area contributed by atoms with Crippen molar-refractivity contribution in [1.82, 2.24) is 9.62 Å². The van der Waals surface area contributed by atoms with E-state index in [2.05, 4.69) is 4.72 Å². The van der Waals surface area contributed by atoms with Crippen LogP contribution in [0.5, 0.6) is 0 Å². The Labute approximate surface area is 202 Å². The van der Waals surface area contributed by atoms with Gasteiger partial charge < -0.3 is 10.0 Å². The first-order valence-corrected chi connectivity index (χ1v) is 12.7. The predicted octanol–water partition coefficient (Wildman–Crippen LogP) is 3.33. The summed E-state index contributed by atoms with van der Waals surface area (Å²) < 4.78 is 85.5. The van der Waals surface area contributed by atoms with E-state index in [-0.39, 0.29) is 28.9 Å². The summed E-state index contributed by atoms with van der Waals surface area (Å²) in [5, 5.41) is 10.3. The standard InChI is InChI=1S/C24H28F4N2O4S/c1-5-35(33,34)29-21-19(30(13-24(21,4)28)22(31)23(2,3)32)11-14-7-6-8-18(20(14)27)15-9-16(25)12-17(26)10-15/h6-10,12,19,21,29,32H,5,11,13H2,1-4H3/t19-,21+,24-/m0/s1. The third-order valence-corrected chi connectivity index (χ3v) is 7.44. The van der Waals surface area contributed by atoms with Gasteiger partial charge in [0.25, 0.3) is 5.91 Å². The molecule has 2 aromatic rings. The summed E-state index contributed by atoms with van der Waals surface area (Å²) in [7, 11) is -3.92. The molecule has 2 aromatic carbocycles. The molecule has 3 rings (SSSR count). The number of alkyl halides is 1. The van der Waals surface area contributed by atoms with E-state index in [1.54, 1.807) is 0 Å². The molecule has 1 aliphatic rings. The Bertz CT molecular complexity index is 1210. The summed E-state index contributed by atoms with van der Waals surface area (Å²) in [6.07, 6.45) is -0.324. The molecule has 1 heterocycles. The molecule has 1 aliphatic heterocycles. The van der Waals surface area contributed by atoms with Gasteiger partial charge in [0, 0.05) is 11.6 Å². The van der Waals surface area contributed by atoms with Crippen molar-refractivity contribution in [3.8, 4) is 11.1 Å². The molecule has 11 heteroatoms. The van der Waals surface area contributed by atoms with E-state index in [0.717, 1.165) is 24.0 Å². The Kier molecular flexibility index (Phi) is 7.36. The molecular formula is C24H28F4N2O4S. The second-order valence-corrected chi connectivity index (χ2v) is 11.5. The van der Waals surface area contributed by atoms with Crippen molar-refractivity contribution in [2.24, 2.45) is 0 Å². The summed E-state index contributed by atoms with van der Waals surface area (Å²) in [6, 6.07) is 4.05. The molecule has 0 radical (unpaired) electrons. The quantitative estimate of drug-likeness (QED) is 0.553. The second-order valence-electron chi connectivity index (χ2n) is 9.48. The molecule has 1 amide bonds. The molecule has 1 fully saturated rings. The van der Waals surface area contributed by atoms with E-state index >= 15 is 8.78 Å². The number of benzene rings is 2. The van der Waals surface area contributed by atoms with Gasteiger partial charge in [-0.3, -0.25) is 4.79 Å². The minimum atomic E-state index is -3.92. The van der Waals surface area contributed by atoms with Gasteiger partial charge in [-0.05, 0) is 57.4 Å². The van der Waals surface area contributed by atoms with Crippen molar-refractivity contribution in [3.63, 3.8) is 0 Å². The number of nitrogens with one attached hydrogen (secondary N) is 1. The maximum atomic E-state index is 15.6. The van der Waals surface area contributed by atoms with Crippen molar-refractivity contribution in [1.29, 1.82) is 0 Å². The van der Waals surface area contributed by atoms with E-state index < -0.39 is 63.3 Å². The molecular weight excluding hydrogens is 488 g/mol. The summed E-state index contributed by atoms with van der Waals surface area (Å²) in [5.74, 6) is -3.85. The van der Waals surface area contributed by atoms with Crippen LogP contribution in [0.1, 0.15) is 33.3 Å². The fourth-order valence-electron chi connectivity index (χ4n) is 4.30. The number of hydrogen-bond acceptors (Lipinski definition) is 4. The number of sulfonamides is 1. The van der Waals surface area contributed by atoms with Crippen LogP contribution in [-0.4, -0.2) is 60.0 Å². The van der Waals surface area contributed by atoms with Crippen LogP contribution in [0.3, 0.4) is 0 Å². The second kappa shape index (κ2) is 9.51. The topological polar surface area (TPSA) is 86.7 Å². The van der Waals surface area contributed by atoms with Crippen LogP contribution >= 0.6 is 0 Å². The van der Waals surface area contributed by atoms with Crippen molar-refractivity contribution < 1.29 is 35.9 Å². The number of halogens is 4. The fourth-order valence-corrected chi connectivity index (χ4v) is 5.26. The van der Waals surface area contributed by atoms with Gasteiger partial charge in [0.1, 0.15) is 28.7 Å². The average Bonchev–Trinajstić information content (AvgIpc) is 2.97. The Morgan fingerprint density at radius 3 is 2.34 bits per heavy atom. The summed E-state index contributed by atoms with van der Waals surface area (Å²) >= 11 is 0. The van der Waals surface area contributed by atoms with Gasteiger partial charge in [-0.25, -0.2) is 30.7 Å². The zero-order chi connectivity index (χ0) is 26.3. The third kappa shape index (κ3) is 5.84. The molecule has 1 saturated heterocycles. The lowest BCUT2D eigenvalue weighted by molar-refractivity contribution is -0.149. The number of rotatable bonds is 7. The Balaban J connectivity index is 2.08. The highest BCUT2D eigenvalue weighted by Gasteiger charge is 2.55. The number of aliphatic hydroxyl groups is 1. The summed E-state index contributed by atoms with van der Waals surface area (Å²) in [4.78, 5) is 13.9. The molecule has 192 valence electrons.